The highest BCUT2D eigenvalue weighted by molar-refractivity contribution is 5.86. The van der Waals surface area contributed by atoms with Crippen molar-refractivity contribution in [1.82, 2.24) is 9.80 Å². The lowest BCUT2D eigenvalue weighted by atomic mass is 9.95. The van der Waals surface area contributed by atoms with Gasteiger partial charge < -0.3 is 10.0 Å². The van der Waals surface area contributed by atoms with Gasteiger partial charge in [0, 0.05) is 25.2 Å². The van der Waals surface area contributed by atoms with Crippen LogP contribution in [0.25, 0.3) is 0 Å². The number of carbonyl (C=O) groups excluding carboxylic acids is 1. The SMILES string of the molecule is CN1CCC(C)(C)N(C2CC2)C(CC(=O)O)C1=O. The van der Waals surface area contributed by atoms with Gasteiger partial charge in [0.1, 0.15) is 6.04 Å². The Bertz CT molecular complexity index is 363. The van der Waals surface area contributed by atoms with Gasteiger partial charge >= 0.3 is 5.97 Å². The van der Waals surface area contributed by atoms with Crippen LogP contribution < -0.4 is 0 Å². The summed E-state index contributed by atoms with van der Waals surface area (Å²) in [6.07, 6.45) is 2.96. The van der Waals surface area contributed by atoms with E-state index in [-0.39, 0.29) is 17.9 Å². The molecule has 5 nitrogen and oxygen atoms in total. The van der Waals surface area contributed by atoms with E-state index in [1.54, 1.807) is 11.9 Å². The highest BCUT2D eigenvalue weighted by atomic mass is 16.4. The van der Waals surface area contributed by atoms with E-state index in [0.717, 1.165) is 19.3 Å². The molecule has 0 aromatic heterocycles. The molecule has 2 aliphatic rings. The smallest absolute Gasteiger partial charge is 0.305 e. The summed E-state index contributed by atoms with van der Waals surface area (Å²) in [6, 6.07) is -0.114. The predicted molar refractivity (Wildman–Crippen MR) is 67.2 cm³/mol. The second-order valence-corrected chi connectivity index (χ2v) is 6.07. The van der Waals surface area contributed by atoms with E-state index in [0.29, 0.717) is 12.6 Å². The number of hydrogen-bond acceptors (Lipinski definition) is 3. The zero-order valence-electron chi connectivity index (χ0n) is 11.3. The summed E-state index contributed by atoms with van der Waals surface area (Å²) >= 11 is 0. The molecule has 1 atom stereocenters. The van der Waals surface area contributed by atoms with Crippen LogP contribution in [0.1, 0.15) is 39.5 Å². The van der Waals surface area contributed by atoms with Crippen LogP contribution in [0.2, 0.25) is 0 Å². The molecule has 102 valence electrons. The highest BCUT2D eigenvalue weighted by Gasteiger charge is 2.48. The summed E-state index contributed by atoms with van der Waals surface area (Å²) in [5.41, 5.74) is -0.109. The number of aliphatic carboxylic acids is 1. The molecule has 1 unspecified atom stereocenters. The van der Waals surface area contributed by atoms with Crippen molar-refractivity contribution in [2.24, 2.45) is 0 Å². The van der Waals surface area contributed by atoms with E-state index < -0.39 is 12.0 Å². The Hall–Kier alpha value is -1.10. The van der Waals surface area contributed by atoms with Crippen molar-refractivity contribution in [3.63, 3.8) is 0 Å². The highest BCUT2D eigenvalue weighted by Crippen LogP contribution is 2.38. The Labute approximate surface area is 108 Å². The van der Waals surface area contributed by atoms with Gasteiger partial charge in [-0.15, -0.1) is 0 Å². The van der Waals surface area contributed by atoms with Gasteiger partial charge in [0.25, 0.3) is 0 Å². The lowest BCUT2D eigenvalue weighted by Crippen LogP contribution is -2.54. The maximum atomic E-state index is 12.3. The zero-order valence-corrected chi connectivity index (χ0v) is 11.3. The fourth-order valence-electron chi connectivity index (χ4n) is 2.93. The van der Waals surface area contributed by atoms with E-state index in [2.05, 4.69) is 18.7 Å². The quantitative estimate of drug-likeness (QED) is 0.814. The molecule has 0 radical (unpaired) electrons. The van der Waals surface area contributed by atoms with Gasteiger partial charge in [0.15, 0.2) is 0 Å². The van der Waals surface area contributed by atoms with Crippen LogP contribution in [0.4, 0.5) is 0 Å². The van der Waals surface area contributed by atoms with Crippen LogP contribution >= 0.6 is 0 Å². The van der Waals surface area contributed by atoms with Crippen molar-refractivity contribution in [3.05, 3.63) is 0 Å². The lowest BCUT2D eigenvalue weighted by Gasteiger charge is -2.40. The maximum absolute atomic E-state index is 12.3. The van der Waals surface area contributed by atoms with Gasteiger partial charge in [-0.2, -0.15) is 0 Å². The molecule has 0 aromatic carbocycles. The molecule has 1 saturated carbocycles. The van der Waals surface area contributed by atoms with Crippen LogP contribution in [0, 0.1) is 0 Å². The first-order valence-corrected chi connectivity index (χ1v) is 6.58. The van der Waals surface area contributed by atoms with Crippen LogP contribution in [0.3, 0.4) is 0 Å². The third kappa shape index (κ3) is 2.51. The molecule has 1 amide bonds. The number of carboxylic acids is 1. The van der Waals surface area contributed by atoms with Crippen LogP contribution in [-0.2, 0) is 9.59 Å². The van der Waals surface area contributed by atoms with Crippen molar-refractivity contribution in [2.45, 2.75) is 57.2 Å². The van der Waals surface area contributed by atoms with E-state index in [9.17, 15) is 9.59 Å². The molecule has 1 heterocycles. The zero-order chi connectivity index (χ0) is 13.5. The van der Waals surface area contributed by atoms with Gasteiger partial charge in [-0.25, -0.2) is 0 Å². The lowest BCUT2D eigenvalue weighted by molar-refractivity contribution is -0.145. The molecule has 1 saturated heterocycles. The molecule has 0 bridgehead atoms. The number of hydrogen-bond donors (Lipinski definition) is 1. The Morgan fingerprint density at radius 1 is 1.44 bits per heavy atom. The average Bonchev–Trinajstić information content (AvgIpc) is 3.06. The van der Waals surface area contributed by atoms with E-state index >= 15 is 0 Å². The van der Waals surface area contributed by atoms with Crippen molar-refractivity contribution >= 4 is 11.9 Å². The molecule has 2 rings (SSSR count). The standard InChI is InChI=1S/C13H22N2O3/c1-13(2)6-7-14(3)12(18)10(8-11(16)17)15(13)9-4-5-9/h9-10H,4-8H2,1-3H3,(H,16,17). The number of nitrogens with zero attached hydrogens (tertiary/aromatic N) is 2. The molecule has 5 heteroatoms. The third-order valence-corrected chi connectivity index (χ3v) is 4.06. The monoisotopic (exact) mass is 254 g/mol. The average molecular weight is 254 g/mol. The topological polar surface area (TPSA) is 60.9 Å². The van der Waals surface area contributed by atoms with E-state index in [1.807, 2.05) is 0 Å². The molecule has 1 aliphatic heterocycles. The molecular formula is C13H22N2O3. The van der Waals surface area contributed by atoms with Crippen molar-refractivity contribution in [1.29, 1.82) is 0 Å². The van der Waals surface area contributed by atoms with E-state index in [4.69, 9.17) is 5.11 Å². The summed E-state index contributed by atoms with van der Waals surface area (Å²) in [4.78, 5) is 27.2. The molecular weight excluding hydrogens is 232 g/mol. The first-order valence-electron chi connectivity index (χ1n) is 6.58. The van der Waals surface area contributed by atoms with Gasteiger partial charge in [-0.3, -0.25) is 14.5 Å². The van der Waals surface area contributed by atoms with Gasteiger partial charge in [0.2, 0.25) is 5.91 Å². The Morgan fingerprint density at radius 3 is 2.56 bits per heavy atom. The fourth-order valence-corrected chi connectivity index (χ4v) is 2.93. The van der Waals surface area contributed by atoms with E-state index in [1.165, 1.54) is 0 Å². The summed E-state index contributed by atoms with van der Waals surface area (Å²) < 4.78 is 0. The number of carbonyl (C=O) groups is 2. The molecule has 0 spiro atoms. The Kier molecular flexibility index (Phi) is 3.36. The number of amides is 1. The number of carboxylic acid groups (broad SMARTS) is 1. The number of rotatable bonds is 3. The largest absolute Gasteiger partial charge is 0.481 e. The van der Waals surface area contributed by atoms with Crippen LogP contribution in [-0.4, -0.2) is 58.0 Å². The van der Waals surface area contributed by atoms with Crippen molar-refractivity contribution in [2.75, 3.05) is 13.6 Å². The molecule has 1 aliphatic carbocycles. The van der Waals surface area contributed by atoms with Crippen molar-refractivity contribution in [3.8, 4) is 0 Å². The molecule has 18 heavy (non-hydrogen) atoms. The minimum absolute atomic E-state index is 0.0464. The molecule has 0 aromatic rings. The first-order chi connectivity index (χ1) is 8.33. The van der Waals surface area contributed by atoms with Crippen LogP contribution in [0.15, 0.2) is 0 Å². The summed E-state index contributed by atoms with van der Waals surface area (Å²) in [5.74, 6) is -0.944. The Morgan fingerprint density at radius 2 is 2.06 bits per heavy atom. The second-order valence-electron chi connectivity index (χ2n) is 6.07. The fraction of sp³-hybridized carbons (Fsp3) is 0.846. The molecule has 1 N–H and O–H groups in total. The normalized spacial score (nSPS) is 29.2. The number of likely N-dealkylation sites (N-methyl/N-ethyl adjacent to an activating group) is 1. The van der Waals surface area contributed by atoms with Crippen molar-refractivity contribution < 1.29 is 14.7 Å². The summed E-state index contributed by atoms with van der Waals surface area (Å²) in [5, 5.41) is 9.05. The predicted octanol–water partition coefficient (Wildman–Crippen LogP) is 0.935. The van der Waals surface area contributed by atoms with Crippen LogP contribution in [0.5, 0.6) is 0 Å². The summed E-state index contributed by atoms with van der Waals surface area (Å²) in [6.45, 7) is 4.93. The maximum Gasteiger partial charge on any atom is 0.305 e. The third-order valence-electron chi connectivity index (χ3n) is 4.06. The van der Waals surface area contributed by atoms with Gasteiger partial charge in [-0.1, -0.05) is 0 Å². The van der Waals surface area contributed by atoms with Gasteiger partial charge in [-0.05, 0) is 33.1 Å². The minimum atomic E-state index is -0.898. The Balaban J connectivity index is 2.31. The minimum Gasteiger partial charge on any atom is -0.481 e. The van der Waals surface area contributed by atoms with Gasteiger partial charge in [0.05, 0.1) is 6.42 Å². The molecule has 2 fully saturated rings. The first kappa shape index (κ1) is 13.3. The summed E-state index contributed by atoms with van der Waals surface area (Å²) in [7, 11) is 1.77. The second kappa shape index (κ2) is 4.53.